The number of pyridine rings is 1. The molecule has 0 amide bonds. The van der Waals surface area contributed by atoms with E-state index in [1.54, 1.807) is 13.3 Å². The molecule has 0 radical (unpaired) electrons. The number of rotatable bonds is 3. The van der Waals surface area contributed by atoms with Crippen LogP contribution in [-0.4, -0.2) is 48.2 Å². The zero-order chi connectivity index (χ0) is 14.7. The molecule has 110 valence electrons. The van der Waals surface area contributed by atoms with Gasteiger partial charge < -0.3 is 14.5 Å². The highest BCUT2D eigenvalue weighted by Crippen LogP contribution is 2.26. The van der Waals surface area contributed by atoms with Crippen LogP contribution in [0.2, 0.25) is 5.02 Å². The van der Waals surface area contributed by atoms with Crippen LogP contribution in [0.15, 0.2) is 30.6 Å². The Labute approximate surface area is 128 Å². The van der Waals surface area contributed by atoms with Crippen LogP contribution in [0.5, 0.6) is 6.01 Å². The summed E-state index contributed by atoms with van der Waals surface area (Å²) in [6.07, 6.45) is 3.39. The van der Waals surface area contributed by atoms with Gasteiger partial charge in [-0.1, -0.05) is 17.7 Å². The Morgan fingerprint density at radius 1 is 1.10 bits per heavy atom. The summed E-state index contributed by atoms with van der Waals surface area (Å²) in [5.74, 6) is 1.73. The summed E-state index contributed by atoms with van der Waals surface area (Å²) in [6.45, 7) is 3.41. The van der Waals surface area contributed by atoms with Gasteiger partial charge in [-0.3, -0.25) is 0 Å². The molecule has 6 nitrogen and oxygen atoms in total. The van der Waals surface area contributed by atoms with Gasteiger partial charge in [-0.25, -0.2) is 9.97 Å². The molecule has 1 aliphatic rings. The van der Waals surface area contributed by atoms with Crippen molar-refractivity contribution in [1.82, 2.24) is 15.0 Å². The number of nitrogens with zero attached hydrogens (tertiary/aromatic N) is 5. The molecule has 1 aliphatic heterocycles. The maximum atomic E-state index is 6.19. The quantitative estimate of drug-likeness (QED) is 0.863. The van der Waals surface area contributed by atoms with Gasteiger partial charge in [0.05, 0.1) is 13.3 Å². The van der Waals surface area contributed by atoms with Crippen LogP contribution < -0.4 is 14.5 Å². The van der Waals surface area contributed by atoms with Crippen molar-refractivity contribution < 1.29 is 4.74 Å². The third-order valence-corrected chi connectivity index (χ3v) is 3.71. The normalized spacial score (nSPS) is 15.1. The van der Waals surface area contributed by atoms with Crippen LogP contribution in [-0.2, 0) is 0 Å². The second kappa shape index (κ2) is 6.13. The first-order valence-electron chi connectivity index (χ1n) is 6.75. The van der Waals surface area contributed by atoms with E-state index < -0.39 is 0 Å². The van der Waals surface area contributed by atoms with Gasteiger partial charge in [-0.05, 0) is 12.1 Å². The molecule has 0 N–H and O–H groups in total. The monoisotopic (exact) mass is 305 g/mol. The molecule has 1 saturated heterocycles. The van der Waals surface area contributed by atoms with Crippen LogP contribution in [0.1, 0.15) is 0 Å². The first kappa shape index (κ1) is 13.9. The predicted molar refractivity (Wildman–Crippen MR) is 82.3 cm³/mol. The van der Waals surface area contributed by atoms with E-state index in [-0.39, 0.29) is 0 Å². The Bertz CT molecular complexity index is 602. The first-order valence-corrected chi connectivity index (χ1v) is 7.13. The van der Waals surface area contributed by atoms with E-state index >= 15 is 0 Å². The molecule has 1 fully saturated rings. The molecule has 21 heavy (non-hydrogen) atoms. The highest BCUT2D eigenvalue weighted by molar-refractivity contribution is 6.32. The number of anilines is 2. The van der Waals surface area contributed by atoms with Crippen molar-refractivity contribution in [2.75, 3.05) is 43.1 Å². The maximum Gasteiger partial charge on any atom is 0.318 e. The van der Waals surface area contributed by atoms with E-state index in [1.165, 1.54) is 0 Å². The molecular formula is C14H16ClN5O. The average molecular weight is 306 g/mol. The van der Waals surface area contributed by atoms with Crippen LogP contribution in [0.3, 0.4) is 0 Å². The Hall–Kier alpha value is -2.08. The molecule has 0 spiro atoms. The lowest BCUT2D eigenvalue weighted by Gasteiger charge is -2.36. The summed E-state index contributed by atoms with van der Waals surface area (Å²) >= 11 is 6.19. The topological polar surface area (TPSA) is 54.4 Å². The third kappa shape index (κ3) is 3.00. The fourth-order valence-corrected chi connectivity index (χ4v) is 2.56. The Morgan fingerprint density at radius 2 is 1.86 bits per heavy atom. The summed E-state index contributed by atoms with van der Waals surface area (Å²) < 4.78 is 5.06. The van der Waals surface area contributed by atoms with E-state index in [4.69, 9.17) is 16.3 Å². The molecule has 0 aromatic carbocycles. The van der Waals surface area contributed by atoms with Gasteiger partial charge in [0.25, 0.3) is 0 Å². The summed E-state index contributed by atoms with van der Waals surface area (Å²) in [7, 11) is 1.55. The zero-order valence-corrected chi connectivity index (χ0v) is 12.5. The summed E-state index contributed by atoms with van der Waals surface area (Å²) in [6, 6.07) is 6.28. The number of hydrogen-bond acceptors (Lipinski definition) is 6. The summed E-state index contributed by atoms with van der Waals surface area (Å²) in [4.78, 5) is 17.1. The van der Waals surface area contributed by atoms with E-state index in [2.05, 4.69) is 24.8 Å². The van der Waals surface area contributed by atoms with E-state index in [0.717, 1.165) is 37.8 Å². The SMILES string of the molecule is COc1ncc(Cl)c(N2CCN(c3ccccn3)CC2)n1. The molecule has 2 aromatic heterocycles. The lowest BCUT2D eigenvalue weighted by molar-refractivity contribution is 0.379. The summed E-state index contributed by atoms with van der Waals surface area (Å²) in [5, 5.41) is 0.544. The Kier molecular flexibility index (Phi) is 4.06. The van der Waals surface area contributed by atoms with Crippen molar-refractivity contribution in [3.63, 3.8) is 0 Å². The van der Waals surface area contributed by atoms with Crippen LogP contribution >= 0.6 is 11.6 Å². The highest BCUT2D eigenvalue weighted by Gasteiger charge is 2.21. The van der Waals surface area contributed by atoms with Crippen LogP contribution in [0.4, 0.5) is 11.6 Å². The van der Waals surface area contributed by atoms with Gasteiger partial charge in [-0.15, -0.1) is 0 Å². The smallest absolute Gasteiger partial charge is 0.318 e. The predicted octanol–water partition coefficient (Wildman–Crippen LogP) is 1.86. The number of ether oxygens (including phenoxy) is 1. The van der Waals surface area contributed by atoms with Crippen molar-refractivity contribution in [2.24, 2.45) is 0 Å². The minimum atomic E-state index is 0.335. The number of halogens is 1. The molecule has 0 bridgehead atoms. The second-order valence-electron chi connectivity index (χ2n) is 4.69. The van der Waals surface area contributed by atoms with Gasteiger partial charge in [0.2, 0.25) is 0 Å². The number of methoxy groups -OCH3 is 1. The van der Waals surface area contributed by atoms with Gasteiger partial charge in [0, 0.05) is 32.4 Å². The van der Waals surface area contributed by atoms with Gasteiger partial charge in [0.15, 0.2) is 5.82 Å². The lowest BCUT2D eigenvalue weighted by atomic mass is 10.3. The van der Waals surface area contributed by atoms with Crippen molar-refractivity contribution in [3.05, 3.63) is 35.6 Å². The standard InChI is InChI=1S/C14H16ClN5O/c1-21-14-17-10-11(15)13(18-14)20-8-6-19(7-9-20)12-4-2-3-5-16-12/h2-5,10H,6-9H2,1H3. The lowest BCUT2D eigenvalue weighted by Crippen LogP contribution is -2.47. The number of piperazine rings is 1. The van der Waals surface area contributed by atoms with Crippen molar-refractivity contribution in [2.45, 2.75) is 0 Å². The molecule has 2 aromatic rings. The zero-order valence-electron chi connectivity index (χ0n) is 11.7. The fourth-order valence-electron chi connectivity index (χ4n) is 2.35. The molecule has 3 heterocycles. The Morgan fingerprint density at radius 3 is 2.52 bits per heavy atom. The Balaban J connectivity index is 1.71. The van der Waals surface area contributed by atoms with Crippen molar-refractivity contribution in [1.29, 1.82) is 0 Å². The van der Waals surface area contributed by atoms with Gasteiger partial charge in [-0.2, -0.15) is 4.98 Å². The largest absolute Gasteiger partial charge is 0.467 e. The fraction of sp³-hybridized carbons (Fsp3) is 0.357. The minimum absolute atomic E-state index is 0.335. The number of aromatic nitrogens is 3. The highest BCUT2D eigenvalue weighted by atomic mass is 35.5. The van der Waals surface area contributed by atoms with Crippen molar-refractivity contribution in [3.8, 4) is 6.01 Å². The molecule has 0 aliphatic carbocycles. The molecule has 7 heteroatoms. The minimum Gasteiger partial charge on any atom is -0.467 e. The molecule has 0 saturated carbocycles. The van der Waals surface area contributed by atoms with E-state index in [9.17, 15) is 0 Å². The molecular weight excluding hydrogens is 290 g/mol. The maximum absolute atomic E-state index is 6.19. The van der Waals surface area contributed by atoms with Gasteiger partial charge >= 0.3 is 6.01 Å². The van der Waals surface area contributed by atoms with Gasteiger partial charge in [0.1, 0.15) is 10.8 Å². The molecule has 0 unspecified atom stereocenters. The van der Waals surface area contributed by atoms with Crippen LogP contribution in [0.25, 0.3) is 0 Å². The average Bonchev–Trinajstić information content (AvgIpc) is 2.56. The molecule has 3 rings (SSSR count). The second-order valence-corrected chi connectivity index (χ2v) is 5.10. The summed E-state index contributed by atoms with van der Waals surface area (Å²) in [5.41, 5.74) is 0. The first-order chi connectivity index (χ1) is 10.3. The number of hydrogen-bond donors (Lipinski definition) is 0. The molecule has 0 atom stereocenters. The van der Waals surface area contributed by atoms with Crippen molar-refractivity contribution >= 4 is 23.2 Å². The van der Waals surface area contributed by atoms with E-state index in [1.807, 2.05) is 24.4 Å². The van der Waals surface area contributed by atoms with Crippen LogP contribution in [0, 0.1) is 0 Å². The van der Waals surface area contributed by atoms with E-state index in [0.29, 0.717) is 11.0 Å². The third-order valence-electron chi connectivity index (χ3n) is 3.44.